The van der Waals surface area contributed by atoms with Crippen molar-refractivity contribution in [1.29, 1.82) is 0 Å². The molecule has 0 unspecified atom stereocenters. The van der Waals surface area contributed by atoms with Crippen LogP contribution in [0.25, 0.3) is 0 Å². The Bertz CT molecular complexity index is 878. The highest BCUT2D eigenvalue weighted by atomic mass is 32.1. The van der Waals surface area contributed by atoms with Crippen LogP contribution in [0, 0.1) is 0 Å². The van der Waals surface area contributed by atoms with Crippen molar-refractivity contribution in [2.75, 3.05) is 11.1 Å². The zero-order valence-corrected chi connectivity index (χ0v) is 16.5. The molecule has 0 spiro atoms. The van der Waals surface area contributed by atoms with Crippen LogP contribution in [-0.2, 0) is 17.6 Å². The molecule has 6 heteroatoms. The van der Waals surface area contributed by atoms with Crippen molar-refractivity contribution >= 4 is 28.1 Å². The number of amides is 1. The third kappa shape index (κ3) is 6.18. The normalized spacial score (nSPS) is 11.9. The molecule has 28 heavy (non-hydrogen) atoms. The molecule has 0 bridgehead atoms. The molecule has 3 rings (SSSR count). The number of thiazole rings is 1. The second-order valence-corrected chi connectivity index (χ2v) is 7.66. The molecule has 0 aliphatic carbocycles. The van der Waals surface area contributed by atoms with Crippen LogP contribution in [0.5, 0.6) is 0 Å². The maximum atomic E-state index is 12.1. The van der Waals surface area contributed by atoms with Crippen LogP contribution in [0.2, 0.25) is 0 Å². The molecule has 0 aliphatic heterocycles. The standard InChI is InChI=1S/C22H25N3O2S/c23-22-25-19(15-28-22)14-21(27)24-18-12-10-16(11-13-18)6-4-5-9-20(26)17-7-2-1-3-8-17/h1-3,7-8,10-13,15,20,26H,4-6,9,14H2,(H2,23,25)(H,24,27)/t20-/m0/s1. The van der Waals surface area contributed by atoms with Crippen LogP contribution in [-0.4, -0.2) is 16.0 Å². The number of nitrogens with zero attached hydrogens (tertiary/aromatic N) is 1. The first-order valence-electron chi connectivity index (χ1n) is 9.42. The first kappa shape index (κ1) is 20.0. The van der Waals surface area contributed by atoms with Gasteiger partial charge in [-0.05, 0) is 42.5 Å². The minimum Gasteiger partial charge on any atom is -0.388 e. The van der Waals surface area contributed by atoms with Crippen LogP contribution in [0.15, 0.2) is 60.0 Å². The summed E-state index contributed by atoms with van der Waals surface area (Å²) in [4.78, 5) is 16.2. The fourth-order valence-corrected chi connectivity index (χ4v) is 3.60. The molecular weight excluding hydrogens is 370 g/mol. The van der Waals surface area contributed by atoms with E-state index in [0.717, 1.165) is 36.9 Å². The van der Waals surface area contributed by atoms with Gasteiger partial charge in [0.2, 0.25) is 5.91 Å². The van der Waals surface area contributed by atoms with Gasteiger partial charge in [-0.15, -0.1) is 11.3 Å². The molecule has 1 aromatic heterocycles. The summed E-state index contributed by atoms with van der Waals surface area (Å²) < 4.78 is 0. The van der Waals surface area contributed by atoms with E-state index in [9.17, 15) is 9.90 Å². The van der Waals surface area contributed by atoms with Crippen molar-refractivity contribution in [3.63, 3.8) is 0 Å². The number of nitrogens with two attached hydrogens (primary N) is 1. The monoisotopic (exact) mass is 395 g/mol. The molecule has 3 aromatic rings. The van der Waals surface area contributed by atoms with E-state index in [4.69, 9.17) is 5.73 Å². The van der Waals surface area contributed by atoms with Crippen molar-refractivity contribution in [2.45, 2.75) is 38.2 Å². The summed E-state index contributed by atoms with van der Waals surface area (Å²) in [5.74, 6) is -0.104. The van der Waals surface area contributed by atoms with Gasteiger partial charge in [-0.2, -0.15) is 0 Å². The second kappa shape index (κ2) is 10.0. The highest BCUT2D eigenvalue weighted by molar-refractivity contribution is 7.13. The molecule has 1 atom stereocenters. The number of nitrogen functional groups attached to an aromatic ring is 1. The number of carbonyl (C=O) groups excluding carboxylic acids is 1. The van der Waals surface area contributed by atoms with E-state index >= 15 is 0 Å². The van der Waals surface area contributed by atoms with E-state index in [1.165, 1.54) is 16.9 Å². The SMILES string of the molecule is Nc1nc(CC(=O)Nc2ccc(CCCC[C@H](O)c3ccccc3)cc2)cs1. The van der Waals surface area contributed by atoms with Gasteiger partial charge in [0.25, 0.3) is 0 Å². The predicted octanol–water partition coefficient (Wildman–Crippen LogP) is 4.35. The van der Waals surface area contributed by atoms with Gasteiger partial charge in [0.05, 0.1) is 18.2 Å². The van der Waals surface area contributed by atoms with E-state index in [1.54, 1.807) is 5.38 Å². The number of unbranched alkanes of at least 4 members (excludes halogenated alkanes) is 1. The molecule has 146 valence electrons. The van der Waals surface area contributed by atoms with E-state index < -0.39 is 6.10 Å². The number of benzene rings is 2. The molecule has 1 amide bonds. The van der Waals surface area contributed by atoms with E-state index in [-0.39, 0.29) is 12.3 Å². The molecular formula is C22H25N3O2S. The molecule has 5 nitrogen and oxygen atoms in total. The van der Waals surface area contributed by atoms with Crippen molar-refractivity contribution < 1.29 is 9.90 Å². The molecule has 0 aliphatic rings. The van der Waals surface area contributed by atoms with Crippen molar-refractivity contribution in [3.05, 3.63) is 76.8 Å². The Morgan fingerprint density at radius 2 is 1.86 bits per heavy atom. The van der Waals surface area contributed by atoms with Gasteiger partial charge in [-0.25, -0.2) is 4.98 Å². The van der Waals surface area contributed by atoms with Crippen molar-refractivity contribution in [3.8, 4) is 0 Å². The second-order valence-electron chi connectivity index (χ2n) is 6.77. The van der Waals surface area contributed by atoms with Gasteiger partial charge in [0, 0.05) is 11.1 Å². The minimum absolute atomic E-state index is 0.104. The van der Waals surface area contributed by atoms with Gasteiger partial charge in [-0.1, -0.05) is 48.9 Å². The van der Waals surface area contributed by atoms with Crippen LogP contribution in [0.1, 0.15) is 42.2 Å². The Balaban J connectivity index is 1.38. The third-order valence-corrected chi connectivity index (χ3v) is 5.25. The molecule has 2 aromatic carbocycles. The highest BCUT2D eigenvalue weighted by Crippen LogP contribution is 2.20. The summed E-state index contributed by atoms with van der Waals surface area (Å²) >= 11 is 1.34. The molecule has 0 saturated heterocycles. The zero-order chi connectivity index (χ0) is 19.8. The lowest BCUT2D eigenvalue weighted by molar-refractivity contribution is -0.115. The van der Waals surface area contributed by atoms with Crippen LogP contribution in [0.4, 0.5) is 10.8 Å². The number of nitrogens with one attached hydrogen (secondary N) is 1. The zero-order valence-electron chi connectivity index (χ0n) is 15.7. The number of hydrogen-bond acceptors (Lipinski definition) is 5. The Hall–Kier alpha value is -2.70. The number of rotatable bonds is 9. The Labute approximate surface area is 169 Å². The number of hydrogen-bond donors (Lipinski definition) is 3. The molecule has 1 heterocycles. The summed E-state index contributed by atoms with van der Waals surface area (Å²) in [7, 11) is 0. The Morgan fingerprint density at radius 1 is 1.11 bits per heavy atom. The average molecular weight is 396 g/mol. The summed E-state index contributed by atoms with van der Waals surface area (Å²) in [5, 5.41) is 15.3. The number of carbonyl (C=O) groups is 1. The van der Waals surface area contributed by atoms with Gasteiger partial charge in [-0.3, -0.25) is 4.79 Å². The minimum atomic E-state index is -0.396. The van der Waals surface area contributed by atoms with Gasteiger partial charge in [0.1, 0.15) is 0 Å². The van der Waals surface area contributed by atoms with Crippen LogP contribution >= 0.6 is 11.3 Å². The molecule has 0 saturated carbocycles. The van der Waals surface area contributed by atoms with Gasteiger partial charge in [0.15, 0.2) is 5.13 Å². The third-order valence-electron chi connectivity index (χ3n) is 4.53. The van der Waals surface area contributed by atoms with E-state index in [0.29, 0.717) is 10.8 Å². The highest BCUT2D eigenvalue weighted by Gasteiger charge is 2.08. The summed E-state index contributed by atoms with van der Waals surface area (Å²) in [6.45, 7) is 0. The fourth-order valence-electron chi connectivity index (χ4n) is 3.04. The molecule has 0 radical (unpaired) electrons. The quantitative estimate of drug-likeness (QED) is 0.470. The molecule has 0 fully saturated rings. The maximum Gasteiger partial charge on any atom is 0.230 e. The van der Waals surface area contributed by atoms with Crippen LogP contribution in [0.3, 0.4) is 0 Å². The van der Waals surface area contributed by atoms with E-state index in [2.05, 4.69) is 10.3 Å². The van der Waals surface area contributed by atoms with E-state index in [1.807, 2.05) is 54.6 Å². The molecule has 4 N–H and O–H groups in total. The topological polar surface area (TPSA) is 88.2 Å². The van der Waals surface area contributed by atoms with Crippen LogP contribution < -0.4 is 11.1 Å². The summed E-state index contributed by atoms with van der Waals surface area (Å²) in [6.07, 6.45) is 3.52. The lowest BCUT2D eigenvalue weighted by Crippen LogP contribution is -2.14. The summed E-state index contributed by atoms with van der Waals surface area (Å²) in [5.41, 5.74) is 9.24. The van der Waals surface area contributed by atoms with Crippen molar-refractivity contribution in [1.82, 2.24) is 4.98 Å². The number of aliphatic hydroxyl groups is 1. The number of aryl methyl sites for hydroxylation is 1. The van der Waals surface area contributed by atoms with Crippen molar-refractivity contribution in [2.24, 2.45) is 0 Å². The average Bonchev–Trinajstić information content (AvgIpc) is 3.11. The summed E-state index contributed by atoms with van der Waals surface area (Å²) in [6, 6.07) is 17.7. The lowest BCUT2D eigenvalue weighted by Gasteiger charge is -2.10. The lowest BCUT2D eigenvalue weighted by atomic mass is 10.0. The first-order chi connectivity index (χ1) is 13.6. The maximum absolute atomic E-state index is 12.1. The predicted molar refractivity (Wildman–Crippen MR) is 114 cm³/mol. The van der Waals surface area contributed by atoms with Gasteiger partial charge < -0.3 is 16.2 Å². The first-order valence-corrected chi connectivity index (χ1v) is 10.3. The number of aliphatic hydroxyl groups excluding tert-OH is 1. The Kier molecular flexibility index (Phi) is 7.17. The number of aromatic nitrogens is 1. The fraction of sp³-hybridized carbons (Fsp3) is 0.273. The number of anilines is 2. The van der Waals surface area contributed by atoms with Gasteiger partial charge >= 0.3 is 0 Å². The smallest absolute Gasteiger partial charge is 0.230 e. The largest absolute Gasteiger partial charge is 0.388 e. The Morgan fingerprint density at radius 3 is 2.54 bits per heavy atom.